The van der Waals surface area contributed by atoms with Gasteiger partial charge in [-0.05, 0) is 35.9 Å². The van der Waals surface area contributed by atoms with E-state index in [1.807, 2.05) is 40.6 Å². The monoisotopic (exact) mass is 339 g/mol. The molecule has 24 heavy (non-hydrogen) atoms. The number of fused-ring (bicyclic) bond motifs is 1. The summed E-state index contributed by atoms with van der Waals surface area (Å²) in [4.78, 5) is 15.4. The van der Waals surface area contributed by atoms with E-state index >= 15 is 0 Å². The third kappa shape index (κ3) is 2.97. The number of anilines is 1. The summed E-state index contributed by atoms with van der Waals surface area (Å²) in [5, 5.41) is 10.1. The maximum absolute atomic E-state index is 12.6. The van der Waals surface area contributed by atoms with Crippen molar-refractivity contribution in [1.29, 1.82) is 0 Å². The summed E-state index contributed by atoms with van der Waals surface area (Å²) in [6.45, 7) is 0.778. The fraction of sp³-hybridized carbons (Fsp3) is 0.278. The van der Waals surface area contributed by atoms with Crippen molar-refractivity contribution in [2.24, 2.45) is 0 Å². The van der Waals surface area contributed by atoms with Crippen LogP contribution in [0.4, 0.5) is 5.69 Å². The topological polar surface area (TPSA) is 59.2 Å². The van der Waals surface area contributed by atoms with Crippen LogP contribution in [0, 0.1) is 0 Å². The number of hydrogen-bond acceptors (Lipinski definition) is 5. The first-order chi connectivity index (χ1) is 11.8. The predicted octanol–water partition coefficient (Wildman–Crippen LogP) is 3.71. The molecule has 0 fully saturated rings. The maximum atomic E-state index is 12.6. The number of benzene rings is 1. The zero-order valence-electron chi connectivity index (χ0n) is 13.1. The molecule has 0 unspecified atom stereocenters. The Hall–Kier alpha value is -2.47. The number of aromatic nitrogens is 2. The third-order valence-corrected chi connectivity index (χ3v) is 5.02. The van der Waals surface area contributed by atoms with Crippen LogP contribution in [-0.2, 0) is 17.6 Å². The zero-order chi connectivity index (χ0) is 16.4. The molecule has 122 valence electrons. The van der Waals surface area contributed by atoms with Crippen LogP contribution in [0.15, 0.2) is 46.2 Å². The Morgan fingerprint density at radius 3 is 3.00 bits per heavy atom. The molecule has 0 saturated heterocycles. The van der Waals surface area contributed by atoms with Gasteiger partial charge in [0.2, 0.25) is 11.8 Å². The van der Waals surface area contributed by atoms with Crippen molar-refractivity contribution < 1.29 is 9.21 Å². The van der Waals surface area contributed by atoms with E-state index in [4.69, 9.17) is 4.42 Å². The summed E-state index contributed by atoms with van der Waals surface area (Å²) < 4.78 is 5.65. The minimum Gasteiger partial charge on any atom is -0.420 e. The fourth-order valence-corrected chi connectivity index (χ4v) is 3.64. The van der Waals surface area contributed by atoms with Gasteiger partial charge in [-0.15, -0.1) is 21.5 Å². The summed E-state index contributed by atoms with van der Waals surface area (Å²) in [5.41, 5.74) is 2.29. The molecular weight excluding hydrogens is 322 g/mol. The molecule has 2 aromatic heterocycles. The highest BCUT2D eigenvalue weighted by Gasteiger charge is 2.22. The van der Waals surface area contributed by atoms with Crippen LogP contribution in [0.5, 0.6) is 0 Å². The number of carbonyl (C=O) groups is 1. The van der Waals surface area contributed by atoms with Crippen molar-refractivity contribution in [3.05, 3.63) is 53.2 Å². The number of amides is 1. The van der Waals surface area contributed by atoms with Crippen molar-refractivity contribution in [2.45, 2.75) is 25.7 Å². The molecule has 1 aliphatic rings. The van der Waals surface area contributed by atoms with Crippen LogP contribution >= 0.6 is 11.3 Å². The summed E-state index contributed by atoms with van der Waals surface area (Å²) in [7, 11) is 0. The Balaban J connectivity index is 1.43. The van der Waals surface area contributed by atoms with E-state index in [2.05, 4.69) is 16.3 Å². The van der Waals surface area contributed by atoms with Crippen LogP contribution in [0.25, 0.3) is 10.8 Å². The first-order valence-corrected chi connectivity index (χ1v) is 8.94. The standard InChI is InChI=1S/C18H17N3O2S/c22-17(21-11-3-6-13-5-1-2-7-14(13)21)10-9-16-19-20-18(23-16)15-8-4-12-24-15/h1-2,4-5,7-8,12H,3,6,9-11H2. The van der Waals surface area contributed by atoms with Gasteiger partial charge in [0, 0.05) is 25.1 Å². The molecule has 0 atom stereocenters. The normalized spacial score (nSPS) is 13.8. The van der Waals surface area contributed by atoms with Crippen molar-refractivity contribution in [3.8, 4) is 10.8 Å². The van der Waals surface area contributed by atoms with Gasteiger partial charge >= 0.3 is 0 Å². The van der Waals surface area contributed by atoms with Gasteiger partial charge < -0.3 is 9.32 Å². The van der Waals surface area contributed by atoms with Gasteiger partial charge in [-0.1, -0.05) is 24.3 Å². The number of para-hydroxylation sites is 1. The van der Waals surface area contributed by atoms with Crippen LogP contribution in [0.2, 0.25) is 0 Å². The maximum Gasteiger partial charge on any atom is 0.257 e. The lowest BCUT2D eigenvalue weighted by Gasteiger charge is -2.29. The van der Waals surface area contributed by atoms with Gasteiger partial charge in [0.05, 0.1) is 4.88 Å². The molecule has 6 heteroatoms. The predicted molar refractivity (Wildman–Crippen MR) is 93.0 cm³/mol. The molecule has 0 aliphatic carbocycles. The Bertz CT molecular complexity index is 842. The molecular formula is C18H17N3O2S. The van der Waals surface area contributed by atoms with E-state index in [9.17, 15) is 4.79 Å². The van der Waals surface area contributed by atoms with Gasteiger partial charge in [-0.25, -0.2) is 0 Å². The van der Waals surface area contributed by atoms with Crippen LogP contribution in [0.1, 0.15) is 24.3 Å². The number of nitrogens with zero attached hydrogens (tertiary/aromatic N) is 3. The number of rotatable bonds is 4. The van der Waals surface area contributed by atoms with Gasteiger partial charge in [0.1, 0.15) is 0 Å². The SMILES string of the molecule is O=C(CCc1nnc(-c2cccs2)o1)N1CCCc2ccccc21. The molecule has 1 amide bonds. The average Bonchev–Trinajstić information content (AvgIpc) is 3.30. The first kappa shape index (κ1) is 15.1. The number of carbonyl (C=O) groups excluding carboxylic acids is 1. The Labute approximate surface area is 143 Å². The van der Waals surface area contributed by atoms with E-state index in [0.717, 1.165) is 30.0 Å². The lowest BCUT2D eigenvalue weighted by molar-refractivity contribution is -0.118. The molecule has 3 heterocycles. The van der Waals surface area contributed by atoms with E-state index in [1.54, 1.807) is 11.3 Å². The first-order valence-electron chi connectivity index (χ1n) is 8.06. The highest BCUT2D eigenvalue weighted by atomic mass is 32.1. The quantitative estimate of drug-likeness (QED) is 0.727. The highest BCUT2D eigenvalue weighted by molar-refractivity contribution is 7.13. The van der Waals surface area contributed by atoms with Gasteiger partial charge in [-0.3, -0.25) is 4.79 Å². The highest BCUT2D eigenvalue weighted by Crippen LogP contribution is 2.28. The summed E-state index contributed by atoms with van der Waals surface area (Å²) >= 11 is 1.56. The smallest absolute Gasteiger partial charge is 0.257 e. The fourth-order valence-electron chi connectivity index (χ4n) is 3.00. The second kappa shape index (κ2) is 6.57. The van der Waals surface area contributed by atoms with Gasteiger partial charge in [0.25, 0.3) is 5.89 Å². The Morgan fingerprint density at radius 2 is 2.12 bits per heavy atom. The lowest BCUT2D eigenvalue weighted by Crippen LogP contribution is -2.35. The van der Waals surface area contributed by atoms with Crippen molar-refractivity contribution in [1.82, 2.24) is 10.2 Å². The Morgan fingerprint density at radius 1 is 1.21 bits per heavy atom. The minimum absolute atomic E-state index is 0.109. The van der Waals surface area contributed by atoms with E-state index in [-0.39, 0.29) is 5.91 Å². The van der Waals surface area contributed by atoms with Crippen molar-refractivity contribution in [2.75, 3.05) is 11.4 Å². The average molecular weight is 339 g/mol. The Kier molecular flexibility index (Phi) is 4.13. The number of hydrogen-bond donors (Lipinski definition) is 0. The zero-order valence-corrected chi connectivity index (χ0v) is 14.0. The van der Waals surface area contributed by atoms with Crippen LogP contribution in [-0.4, -0.2) is 22.6 Å². The molecule has 0 saturated carbocycles. The number of aryl methyl sites for hydroxylation is 2. The second-order valence-corrected chi connectivity index (χ2v) is 6.70. The molecule has 0 spiro atoms. The summed E-state index contributed by atoms with van der Waals surface area (Å²) in [6, 6.07) is 12.0. The minimum atomic E-state index is 0.109. The molecule has 3 aromatic rings. The molecule has 5 nitrogen and oxygen atoms in total. The van der Waals surface area contributed by atoms with E-state index in [0.29, 0.717) is 24.6 Å². The van der Waals surface area contributed by atoms with Gasteiger partial charge in [0.15, 0.2) is 0 Å². The molecule has 1 aliphatic heterocycles. The molecule has 0 radical (unpaired) electrons. The molecule has 4 rings (SSSR count). The van der Waals surface area contributed by atoms with Gasteiger partial charge in [-0.2, -0.15) is 0 Å². The van der Waals surface area contributed by atoms with E-state index in [1.165, 1.54) is 5.56 Å². The van der Waals surface area contributed by atoms with E-state index < -0.39 is 0 Å². The molecule has 0 bridgehead atoms. The second-order valence-electron chi connectivity index (χ2n) is 5.76. The summed E-state index contributed by atoms with van der Waals surface area (Å²) in [6.07, 6.45) is 2.88. The van der Waals surface area contributed by atoms with Crippen molar-refractivity contribution >= 4 is 22.9 Å². The lowest BCUT2D eigenvalue weighted by atomic mass is 10.0. The summed E-state index contributed by atoms with van der Waals surface area (Å²) in [5.74, 6) is 1.14. The molecule has 0 N–H and O–H groups in total. The largest absolute Gasteiger partial charge is 0.420 e. The third-order valence-electron chi connectivity index (χ3n) is 4.16. The molecule has 1 aromatic carbocycles. The van der Waals surface area contributed by atoms with Crippen molar-refractivity contribution in [3.63, 3.8) is 0 Å². The van der Waals surface area contributed by atoms with Crippen LogP contribution < -0.4 is 4.90 Å². The number of thiophene rings is 1. The van der Waals surface area contributed by atoms with Crippen LogP contribution in [0.3, 0.4) is 0 Å².